The molecule has 3 heterocycles. The predicted octanol–water partition coefficient (Wildman–Crippen LogP) is 2.92. The maximum atomic E-state index is 13.2. The van der Waals surface area contributed by atoms with Gasteiger partial charge in [0.2, 0.25) is 5.88 Å². The summed E-state index contributed by atoms with van der Waals surface area (Å²) in [5.41, 5.74) is 1.74. The molecule has 4 aromatic rings. The summed E-state index contributed by atoms with van der Waals surface area (Å²) in [7, 11) is 1.70. The van der Waals surface area contributed by atoms with Gasteiger partial charge in [-0.15, -0.1) is 10.2 Å². The fraction of sp³-hybridized carbons (Fsp3) is 0.143. The number of hydrogen-bond donors (Lipinski definition) is 2. The quantitative estimate of drug-likeness (QED) is 0.379. The van der Waals surface area contributed by atoms with Gasteiger partial charge in [-0.2, -0.15) is 0 Å². The summed E-state index contributed by atoms with van der Waals surface area (Å²) in [5, 5.41) is 14.8. The number of nitrogens with zero attached hydrogens (tertiary/aromatic N) is 5. The molecule has 0 aliphatic rings. The van der Waals surface area contributed by atoms with Crippen molar-refractivity contribution >= 4 is 11.6 Å². The molecular formula is C21H20FN7O. The number of pyridine rings is 2. The molecule has 8 nitrogen and oxygen atoms in total. The van der Waals surface area contributed by atoms with E-state index in [1.807, 2.05) is 34.9 Å². The number of benzene rings is 1. The van der Waals surface area contributed by atoms with Crippen LogP contribution in [0.1, 0.15) is 11.4 Å². The third-order valence-corrected chi connectivity index (χ3v) is 4.30. The second-order valence-corrected chi connectivity index (χ2v) is 6.39. The van der Waals surface area contributed by atoms with Gasteiger partial charge < -0.3 is 15.4 Å². The van der Waals surface area contributed by atoms with E-state index >= 15 is 0 Å². The van der Waals surface area contributed by atoms with Crippen LogP contribution in [0, 0.1) is 5.82 Å². The van der Waals surface area contributed by atoms with Crippen LogP contribution in [-0.4, -0.2) is 32.6 Å². The van der Waals surface area contributed by atoms with E-state index in [9.17, 15) is 4.39 Å². The Bertz CT molecular complexity index is 1160. The van der Waals surface area contributed by atoms with E-state index in [0.717, 1.165) is 17.0 Å². The van der Waals surface area contributed by atoms with Gasteiger partial charge in [0, 0.05) is 38.1 Å². The molecule has 0 saturated carbocycles. The number of aromatic nitrogens is 4. The first kappa shape index (κ1) is 19.3. The summed E-state index contributed by atoms with van der Waals surface area (Å²) in [6, 6.07) is 15.3. The van der Waals surface area contributed by atoms with E-state index in [4.69, 9.17) is 4.74 Å². The van der Waals surface area contributed by atoms with Crippen molar-refractivity contribution in [2.45, 2.75) is 13.1 Å². The van der Waals surface area contributed by atoms with Gasteiger partial charge in [-0.1, -0.05) is 18.2 Å². The topological polar surface area (TPSA) is 88.7 Å². The molecule has 9 heteroatoms. The molecule has 0 spiro atoms. The Morgan fingerprint density at radius 3 is 2.77 bits per heavy atom. The van der Waals surface area contributed by atoms with Gasteiger partial charge in [-0.05, 0) is 29.8 Å². The van der Waals surface area contributed by atoms with Crippen LogP contribution >= 0.6 is 0 Å². The van der Waals surface area contributed by atoms with Crippen molar-refractivity contribution < 1.29 is 9.13 Å². The summed E-state index contributed by atoms with van der Waals surface area (Å²) >= 11 is 0. The minimum absolute atomic E-state index is 0.355. The third-order valence-electron chi connectivity index (χ3n) is 4.30. The number of aliphatic imine (C=N–C) groups is 1. The second-order valence-electron chi connectivity index (χ2n) is 6.39. The van der Waals surface area contributed by atoms with Crippen molar-refractivity contribution in [3.05, 3.63) is 84.2 Å². The van der Waals surface area contributed by atoms with Crippen molar-refractivity contribution in [1.82, 2.24) is 30.2 Å². The monoisotopic (exact) mass is 405 g/mol. The van der Waals surface area contributed by atoms with E-state index in [-0.39, 0.29) is 5.82 Å². The first-order valence-electron chi connectivity index (χ1n) is 9.33. The molecule has 0 bridgehead atoms. The van der Waals surface area contributed by atoms with Gasteiger partial charge in [-0.25, -0.2) is 9.37 Å². The van der Waals surface area contributed by atoms with E-state index in [1.54, 1.807) is 31.4 Å². The smallest absolute Gasteiger partial charge is 0.219 e. The average molecular weight is 405 g/mol. The Labute approximate surface area is 172 Å². The van der Waals surface area contributed by atoms with Crippen LogP contribution in [0.2, 0.25) is 0 Å². The number of guanidine groups is 1. The Morgan fingerprint density at radius 2 is 1.97 bits per heavy atom. The SMILES string of the molecule is CN=C(NCc1ccc(Oc2cccc(F)c2)nc1)NCc1nnc2ccccn12. The fourth-order valence-electron chi connectivity index (χ4n) is 2.81. The summed E-state index contributed by atoms with van der Waals surface area (Å²) in [5.74, 6) is 1.85. The lowest BCUT2D eigenvalue weighted by Crippen LogP contribution is -2.36. The van der Waals surface area contributed by atoms with Crippen LogP contribution in [0.15, 0.2) is 72.0 Å². The fourth-order valence-corrected chi connectivity index (χ4v) is 2.81. The largest absolute Gasteiger partial charge is 0.439 e. The Morgan fingerprint density at radius 1 is 1.07 bits per heavy atom. The van der Waals surface area contributed by atoms with Gasteiger partial charge in [0.25, 0.3) is 0 Å². The van der Waals surface area contributed by atoms with Gasteiger partial charge in [0.15, 0.2) is 17.4 Å². The average Bonchev–Trinajstić information content (AvgIpc) is 3.18. The molecule has 0 radical (unpaired) electrons. The number of nitrogens with one attached hydrogen (secondary N) is 2. The van der Waals surface area contributed by atoms with E-state index < -0.39 is 0 Å². The van der Waals surface area contributed by atoms with Crippen molar-refractivity contribution in [3.8, 4) is 11.6 Å². The molecule has 2 N–H and O–H groups in total. The lowest BCUT2D eigenvalue weighted by Gasteiger charge is -2.11. The van der Waals surface area contributed by atoms with E-state index in [1.165, 1.54) is 12.1 Å². The summed E-state index contributed by atoms with van der Waals surface area (Å²) in [4.78, 5) is 8.48. The zero-order valence-corrected chi connectivity index (χ0v) is 16.3. The molecule has 0 saturated heterocycles. The Balaban J connectivity index is 1.30. The highest BCUT2D eigenvalue weighted by Crippen LogP contribution is 2.19. The Kier molecular flexibility index (Phi) is 5.79. The first-order valence-corrected chi connectivity index (χ1v) is 9.33. The van der Waals surface area contributed by atoms with Gasteiger partial charge in [-0.3, -0.25) is 9.39 Å². The molecular weight excluding hydrogens is 385 g/mol. The van der Waals surface area contributed by atoms with Crippen molar-refractivity contribution in [2.24, 2.45) is 4.99 Å². The van der Waals surface area contributed by atoms with E-state index in [0.29, 0.717) is 30.7 Å². The van der Waals surface area contributed by atoms with Crippen molar-refractivity contribution in [2.75, 3.05) is 7.05 Å². The number of hydrogen-bond acceptors (Lipinski definition) is 5. The maximum absolute atomic E-state index is 13.2. The second kappa shape index (κ2) is 8.99. The van der Waals surface area contributed by atoms with Crippen LogP contribution in [-0.2, 0) is 13.1 Å². The van der Waals surface area contributed by atoms with Crippen molar-refractivity contribution in [3.63, 3.8) is 0 Å². The van der Waals surface area contributed by atoms with Crippen LogP contribution in [0.3, 0.4) is 0 Å². The van der Waals surface area contributed by atoms with Crippen molar-refractivity contribution in [1.29, 1.82) is 0 Å². The molecule has 3 aromatic heterocycles. The summed E-state index contributed by atoms with van der Waals surface area (Å²) < 4.78 is 20.7. The van der Waals surface area contributed by atoms with Gasteiger partial charge in [0.1, 0.15) is 11.6 Å². The number of fused-ring (bicyclic) bond motifs is 1. The van der Waals surface area contributed by atoms with Gasteiger partial charge in [0.05, 0.1) is 6.54 Å². The van der Waals surface area contributed by atoms with Gasteiger partial charge >= 0.3 is 0 Å². The molecule has 1 aromatic carbocycles. The minimum atomic E-state index is -0.355. The zero-order chi connectivity index (χ0) is 20.8. The molecule has 4 rings (SSSR count). The highest BCUT2D eigenvalue weighted by molar-refractivity contribution is 5.79. The summed E-state index contributed by atoms with van der Waals surface area (Å²) in [6.07, 6.45) is 3.61. The highest BCUT2D eigenvalue weighted by atomic mass is 19.1. The van der Waals surface area contributed by atoms with Crippen LogP contribution < -0.4 is 15.4 Å². The molecule has 0 amide bonds. The maximum Gasteiger partial charge on any atom is 0.219 e. The molecule has 0 unspecified atom stereocenters. The lowest BCUT2D eigenvalue weighted by atomic mass is 10.3. The third kappa shape index (κ3) is 4.69. The normalized spacial score (nSPS) is 11.5. The standard InChI is InChI=1S/C21H20FN7O/c1-23-21(26-14-19-28-27-18-7-2-3-10-29(18)19)25-13-15-8-9-20(24-12-15)30-17-6-4-5-16(22)11-17/h2-12H,13-14H2,1H3,(H2,23,25,26). The summed E-state index contributed by atoms with van der Waals surface area (Å²) in [6.45, 7) is 0.997. The number of rotatable bonds is 6. The predicted molar refractivity (Wildman–Crippen MR) is 111 cm³/mol. The molecule has 152 valence electrons. The molecule has 0 aliphatic carbocycles. The zero-order valence-electron chi connectivity index (χ0n) is 16.3. The lowest BCUT2D eigenvalue weighted by molar-refractivity contribution is 0.457. The molecule has 0 atom stereocenters. The van der Waals surface area contributed by atoms with Crippen LogP contribution in [0.25, 0.3) is 5.65 Å². The molecule has 30 heavy (non-hydrogen) atoms. The molecule has 0 aliphatic heterocycles. The number of halogens is 1. The number of ether oxygens (including phenoxy) is 1. The van der Waals surface area contributed by atoms with Crippen LogP contribution in [0.4, 0.5) is 4.39 Å². The minimum Gasteiger partial charge on any atom is -0.439 e. The van der Waals surface area contributed by atoms with Crippen LogP contribution in [0.5, 0.6) is 11.6 Å². The molecule has 0 fully saturated rings. The van der Waals surface area contributed by atoms with E-state index in [2.05, 4.69) is 30.8 Å². The first-order chi connectivity index (χ1) is 14.7. The Hall–Kier alpha value is -4.01. The highest BCUT2D eigenvalue weighted by Gasteiger charge is 2.06.